The van der Waals surface area contributed by atoms with E-state index >= 15 is 0 Å². The zero-order valence-corrected chi connectivity index (χ0v) is 22.6. The number of halogens is 1. The van der Waals surface area contributed by atoms with E-state index in [0.29, 0.717) is 23.8 Å². The van der Waals surface area contributed by atoms with Crippen molar-refractivity contribution in [3.8, 4) is 22.8 Å². The van der Waals surface area contributed by atoms with Gasteiger partial charge in [-0.15, -0.1) is 0 Å². The fraction of sp³-hybridized carbons (Fsp3) is 0.414. The van der Waals surface area contributed by atoms with E-state index in [9.17, 15) is 4.39 Å². The number of methoxy groups -OCH3 is 1. The van der Waals surface area contributed by atoms with Crippen LogP contribution in [0.2, 0.25) is 0 Å². The first-order valence-corrected chi connectivity index (χ1v) is 13.9. The molecule has 0 amide bonds. The van der Waals surface area contributed by atoms with E-state index in [4.69, 9.17) is 14.0 Å². The Balaban J connectivity index is 1.79. The minimum Gasteiger partial charge on any atom is -0.497 e. The predicted molar refractivity (Wildman–Crippen MR) is 143 cm³/mol. The fourth-order valence-electron chi connectivity index (χ4n) is 3.97. The monoisotopic (exact) mass is 497 g/mol. The smallest absolute Gasteiger partial charge is 0.213 e. The molecule has 3 aromatic rings. The number of hydrogen-bond acceptors (Lipinski definition) is 4. The summed E-state index contributed by atoms with van der Waals surface area (Å²) in [6.07, 6.45) is 4.56. The first-order chi connectivity index (χ1) is 16.7. The van der Waals surface area contributed by atoms with Crippen molar-refractivity contribution in [3.63, 3.8) is 0 Å². The second kappa shape index (κ2) is 12.5. The van der Waals surface area contributed by atoms with E-state index in [2.05, 4.69) is 38.5 Å². The number of rotatable bonds is 11. The second-order valence-electron chi connectivity index (χ2n) is 9.88. The van der Waals surface area contributed by atoms with Gasteiger partial charge in [0.1, 0.15) is 18.2 Å². The molecular formula is C29H37FNO3P. The number of aromatic nitrogens is 1. The second-order valence-corrected chi connectivity index (χ2v) is 11.8. The van der Waals surface area contributed by atoms with Crippen LogP contribution in [0.15, 0.2) is 54.7 Å². The highest BCUT2D eigenvalue weighted by Gasteiger charge is 2.18. The van der Waals surface area contributed by atoms with Crippen molar-refractivity contribution in [1.82, 2.24) is 4.98 Å². The molecule has 0 spiro atoms. The van der Waals surface area contributed by atoms with Gasteiger partial charge in [-0.2, -0.15) is 0 Å². The highest BCUT2D eigenvalue weighted by molar-refractivity contribution is 7.51. The first kappa shape index (κ1) is 27.1. The maximum Gasteiger partial charge on any atom is 0.213 e. The number of ether oxygens (including phenoxy) is 2. The van der Waals surface area contributed by atoms with Gasteiger partial charge in [-0.1, -0.05) is 39.0 Å². The molecule has 1 aromatic heterocycles. The molecule has 0 bridgehead atoms. The van der Waals surface area contributed by atoms with Crippen molar-refractivity contribution in [2.45, 2.75) is 47.1 Å². The summed E-state index contributed by atoms with van der Waals surface area (Å²) < 4.78 is 31.8. The molecule has 6 heteroatoms. The van der Waals surface area contributed by atoms with Crippen molar-refractivity contribution in [3.05, 3.63) is 77.2 Å². The summed E-state index contributed by atoms with van der Waals surface area (Å²) in [6.45, 7) is 11.9. The lowest BCUT2D eigenvalue weighted by molar-refractivity contribution is 0.293. The quantitative estimate of drug-likeness (QED) is 0.255. The Bertz CT molecular complexity index is 1110. The Labute approximate surface area is 210 Å². The average Bonchev–Trinajstić information content (AvgIpc) is 2.82. The van der Waals surface area contributed by atoms with Crippen molar-refractivity contribution in [2.24, 2.45) is 5.41 Å². The number of nitrogens with zero attached hydrogens (tertiary/aromatic N) is 1. The van der Waals surface area contributed by atoms with Crippen molar-refractivity contribution >= 4 is 8.15 Å². The van der Waals surface area contributed by atoms with Crippen LogP contribution in [0.5, 0.6) is 11.6 Å². The fourth-order valence-corrected chi connectivity index (χ4v) is 5.11. The van der Waals surface area contributed by atoms with Crippen LogP contribution in [0.4, 0.5) is 4.39 Å². The Morgan fingerprint density at radius 1 is 0.971 bits per heavy atom. The van der Waals surface area contributed by atoms with E-state index in [1.807, 2.05) is 31.2 Å². The van der Waals surface area contributed by atoms with E-state index in [1.165, 1.54) is 11.6 Å². The maximum absolute atomic E-state index is 14.8. The van der Waals surface area contributed by atoms with E-state index < -0.39 is 8.15 Å². The highest BCUT2D eigenvalue weighted by atomic mass is 31.1. The third-order valence-electron chi connectivity index (χ3n) is 5.60. The van der Waals surface area contributed by atoms with Crippen molar-refractivity contribution in [1.29, 1.82) is 0 Å². The number of aryl methyl sites for hydroxylation is 1. The van der Waals surface area contributed by atoms with Gasteiger partial charge in [0.05, 0.1) is 7.11 Å². The standard InChI is InChI=1S/C29H37FNO3P/c1-7-34-35(6)15-13-21-12-14-31-28(17-21)33-20-22-8-10-25(23(16-22)19-29(2,3)4)26-18-24(32-5)9-11-27(26)30/h8-12,14,16-18H,7,13,15,19-20H2,1-6H3. The third-order valence-corrected chi connectivity index (χ3v) is 7.16. The minimum absolute atomic E-state index is 0.0413. The lowest BCUT2D eigenvalue weighted by atomic mass is 9.84. The molecule has 0 aliphatic rings. The van der Waals surface area contributed by atoms with Crippen LogP contribution >= 0.6 is 8.15 Å². The van der Waals surface area contributed by atoms with Gasteiger partial charge in [-0.3, -0.25) is 0 Å². The summed E-state index contributed by atoms with van der Waals surface area (Å²) in [5.41, 5.74) is 4.77. The van der Waals surface area contributed by atoms with Crippen molar-refractivity contribution in [2.75, 3.05) is 26.5 Å². The van der Waals surface area contributed by atoms with Gasteiger partial charge in [0, 0.05) is 32.6 Å². The summed E-state index contributed by atoms with van der Waals surface area (Å²) in [7, 11) is 1.20. The summed E-state index contributed by atoms with van der Waals surface area (Å²) in [4.78, 5) is 4.38. The number of hydrogen-bond donors (Lipinski definition) is 0. The van der Waals surface area contributed by atoms with Gasteiger partial charge >= 0.3 is 0 Å². The molecule has 1 unspecified atom stereocenters. The Kier molecular flexibility index (Phi) is 9.65. The molecule has 1 atom stereocenters. The molecule has 0 radical (unpaired) electrons. The maximum atomic E-state index is 14.8. The van der Waals surface area contributed by atoms with Crippen LogP contribution in [0.3, 0.4) is 0 Å². The Hall–Kier alpha value is -2.49. The molecule has 0 fully saturated rings. The molecule has 0 aliphatic carbocycles. The minimum atomic E-state index is -0.397. The molecule has 0 saturated heterocycles. The molecular weight excluding hydrogens is 460 g/mol. The van der Waals surface area contributed by atoms with E-state index in [-0.39, 0.29) is 11.2 Å². The Morgan fingerprint density at radius 3 is 2.49 bits per heavy atom. The molecule has 188 valence electrons. The predicted octanol–water partition coefficient (Wildman–Crippen LogP) is 7.67. The van der Waals surface area contributed by atoms with Crippen LogP contribution in [-0.2, 0) is 24.0 Å². The van der Waals surface area contributed by atoms with Crippen LogP contribution in [0, 0.1) is 11.2 Å². The first-order valence-electron chi connectivity index (χ1n) is 12.1. The summed E-state index contributed by atoms with van der Waals surface area (Å²) in [6, 6.07) is 15.0. The molecule has 4 nitrogen and oxygen atoms in total. The van der Waals surface area contributed by atoms with Gasteiger partial charge in [0.25, 0.3) is 0 Å². The summed E-state index contributed by atoms with van der Waals surface area (Å²) in [5.74, 6) is 0.990. The molecule has 0 N–H and O–H groups in total. The molecule has 3 rings (SSSR count). The topological polar surface area (TPSA) is 40.6 Å². The van der Waals surface area contributed by atoms with Gasteiger partial charge < -0.3 is 14.0 Å². The zero-order valence-electron chi connectivity index (χ0n) is 21.7. The lowest BCUT2D eigenvalue weighted by Gasteiger charge is -2.22. The van der Waals surface area contributed by atoms with Crippen LogP contribution in [0.25, 0.3) is 11.1 Å². The number of benzene rings is 2. The highest BCUT2D eigenvalue weighted by Crippen LogP contribution is 2.34. The van der Waals surface area contributed by atoms with E-state index in [1.54, 1.807) is 25.4 Å². The van der Waals surface area contributed by atoms with Gasteiger partial charge in [-0.25, -0.2) is 9.37 Å². The normalized spacial score (nSPS) is 12.4. The van der Waals surface area contributed by atoms with Crippen LogP contribution < -0.4 is 9.47 Å². The molecule has 0 saturated carbocycles. The number of pyridine rings is 1. The SMILES string of the molecule is CCOP(C)CCc1ccnc(OCc2ccc(-c3cc(OC)ccc3F)c(CC(C)(C)C)c2)c1. The van der Waals surface area contributed by atoms with Crippen molar-refractivity contribution < 1.29 is 18.4 Å². The van der Waals surface area contributed by atoms with Crippen LogP contribution in [-0.4, -0.2) is 31.5 Å². The zero-order chi connectivity index (χ0) is 25.4. The third kappa shape index (κ3) is 8.30. The summed E-state index contributed by atoms with van der Waals surface area (Å²) >= 11 is 0. The molecule has 2 aromatic carbocycles. The molecule has 1 heterocycles. The largest absolute Gasteiger partial charge is 0.497 e. The van der Waals surface area contributed by atoms with Crippen LogP contribution in [0.1, 0.15) is 44.4 Å². The molecule has 35 heavy (non-hydrogen) atoms. The summed E-state index contributed by atoms with van der Waals surface area (Å²) in [5, 5.41) is 0. The Morgan fingerprint density at radius 2 is 1.77 bits per heavy atom. The van der Waals surface area contributed by atoms with Gasteiger partial charge in [-0.05, 0) is 84.5 Å². The van der Waals surface area contributed by atoms with Gasteiger partial charge in [0.2, 0.25) is 5.88 Å². The lowest BCUT2D eigenvalue weighted by Crippen LogP contribution is -2.11. The molecule has 0 aliphatic heterocycles. The average molecular weight is 498 g/mol. The van der Waals surface area contributed by atoms with E-state index in [0.717, 1.165) is 42.3 Å². The van der Waals surface area contributed by atoms with Gasteiger partial charge in [0.15, 0.2) is 0 Å².